The zero-order valence-corrected chi connectivity index (χ0v) is 15.3. The molecule has 2 aliphatic rings. The van der Waals surface area contributed by atoms with E-state index in [2.05, 4.69) is 5.32 Å². The number of likely N-dealkylation sites (N-methyl/N-ethyl adjacent to an activating group) is 1. The van der Waals surface area contributed by atoms with Crippen LogP contribution in [0.1, 0.15) is 6.92 Å². The smallest absolute Gasteiger partial charge is 0.241 e. The lowest BCUT2D eigenvalue weighted by Crippen LogP contribution is -2.46. The van der Waals surface area contributed by atoms with Crippen molar-refractivity contribution in [1.29, 1.82) is 0 Å². The van der Waals surface area contributed by atoms with Crippen LogP contribution in [0.4, 0.5) is 5.69 Å². The topological polar surface area (TPSA) is 69.3 Å². The highest BCUT2D eigenvalue weighted by molar-refractivity contribution is 5.94. The van der Waals surface area contributed by atoms with Crippen molar-refractivity contribution in [3.05, 3.63) is 42.5 Å². The third kappa shape index (κ3) is 3.78. The van der Waals surface area contributed by atoms with Gasteiger partial charge in [-0.2, -0.15) is 0 Å². The molecule has 0 spiro atoms. The number of anilines is 1. The van der Waals surface area contributed by atoms with Gasteiger partial charge >= 0.3 is 0 Å². The van der Waals surface area contributed by atoms with Crippen molar-refractivity contribution in [3.8, 4) is 23.0 Å². The monoisotopic (exact) mass is 370 g/mol. The number of fused-ring (bicyclic) bond motifs is 2. The van der Waals surface area contributed by atoms with Crippen LogP contribution in [0.25, 0.3) is 0 Å². The number of nitrogens with zero attached hydrogens (tertiary/aromatic N) is 1. The van der Waals surface area contributed by atoms with Crippen molar-refractivity contribution in [2.45, 2.75) is 19.1 Å². The highest BCUT2D eigenvalue weighted by atomic mass is 16.7. The molecule has 4 rings (SSSR count). The summed E-state index contributed by atoms with van der Waals surface area (Å²) >= 11 is 0. The zero-order chi connectivity index (χ0) is 18.8. The van der Waals surface area contributed by atoms with Crippen LogP contribution in [0, 0.1) is 0 Å². The summed E-state index contributed by atoms with van der Waals surface area (Å²) in [6.45, 7) is 3.10. The van der Waals surface area contributed by atoms with Crippen molar-refractivity contribution >= 4 is 11.6 Å². The molecule has 2 aliphatic heterocycles. The van der Waals surface area contributed by atoms with E-state index in [1.54, 1.807) is 18.2 Å². The first-order valence-corrected chi connectivity index (χ1v) is 8.89. The maximum Gasteiger partial charge on any atom is 0.241 e. The molecule has 0 saturated heterocycles. The summed E-state index contributed by atoms with van der Waals surface area (Å²) in [5, 5.41) is 2.92. The van der Waals surface area contributed by atoms with Gasteiger partial charge in [-0.1, -0.05) is 12.1 Å². The number of rotatable bonds is 5. The lowest BCUT2D eigenvalue weighted by Gasteiger charge is -2.31. The molecule has 27 heavy (non-hydrogen) atoms. The molecule has 0 aromatic heterocycles. The van der Waals surface area contributed by atoms with Gasteiger partial charge in [0.25, 0.3) is 0 Å². The van der Waals surface area contributed by atoms with E-state index in [1.807, 2.05) is 43.1 Å². The number of carbonyl (C=O) groups is 1. The van der Waals surface area contributed by atoms with Crippen molar-refractivity contribution in [1.82, 2.24) is 4.90 Å². The third-order valence-electron chi connectivity index (χ3n) is 4.74. The first-order chi connectivity index (χ1) is 13.1. The van der Waals surface area contributed by atoms with E-state index >= 15 is 0 Å². The van der Waals surface area contributed by atoms with E-state index in [-0.39, 0.29) is 24.8 Å². The normalized spacial score (nSPS) is 18.3. The number of amides is 1. The van der Waals surface area contributed by atoms with Gasteiger partial charge in [0.2, 0.25) is 12.7 Å². The number of nitrogens with one attached hydrogen (secondary N) is 1. The molecule has 2 heterocycles. The first-order valence-electron chi connectivity index (χ1n) is 8.89. The summed E-state index contributed by atoms with van der Waals surface area (Å²) in [7, 11) is 1.90. The SMILES string of the molecule is C[C@H](C(=O)Nc1ccc2c(c1)OCO2)N(C)C[C@@H]1COc2ccccc2O1. The van der Waals surface area contributed by atoms with E-state index in [9.17, 15) is 4.79 Å². The molecule has 2 aromatic carbocycles. The minimum absolute atomic E-state index is 0.103. The molecule has 1 amide bonds. The number of ether oxygens (including phenoxy) is 4. The molecule has 0 aliphatic carbocycles. The maximum atomic E-state index is 12.6. The van der Waals surface area contributed by atoms with E-state index in [4.69, 9.17) is 18.9 Å². The van der Waals surface area contributed by atoms with Gasteiger partial charge < -0.3 is 24.3 Å². The summed E-state index contributed by atoms with van der Waals surface area (Å²) < 4.78 is 22.3. The molecule has 0 saturated carbocycles. The molecule has 0 radical (unpaired) electrons. The van der Waals surface area contributed by atoms with Gasteiger partial charge in [-0.25, -0.2) is 0 Å². The van der Waals surface area contributed by atoms with E-state index in [1.165, 1.54) is 0 Å². The lowest BCUT2D eigenvalue weighted by molar-refractivity contribution is -0.120. The predicted molar refractivity (Wildman–Crippen MR) is 99.6 cm³/mol. The van der Waals surface area contributed by atoms with E-state index in [0.717, 1.165) is 11.5 Å². The third-order valence-corrected chi connectivity index (χ3v) is 4.74. The van der Waals surface area contributed by atoms with Crippen molar-refractivity contribution < 1.29 is 23.7 Å². The number of benzene rings is 2. The second kappa shape index (κ2) is 7.36. The Morgan fingerprint density at radius 3 is 2.70 bits per heavy atom. The van der Waals surface area contributed by atoms with Crippen LogP contribution < -0.4 is 24.3 Å². The van der Waals surface area contributed by atoms with E-state index in [0.29, 0.717) is 30.3 Å². The van der Waals surface area contributed by atoms with Crippen LogP contribution >= 0.6 is 0 Å². The van der Waals surface area contributed by atoms with Gasteiger partial charge in [0.05, 0.1) is 6.04 Å². The zero-order valence-electron chi connectivity index (χ0n) is 15.3. The van der Waals surface area contributed by atoms with Crippen LogP contribution in [-0.2, 0) is 4.79 Å². The molecular formula is C20H22N2O5. The van der Waals surface area contributed by atoms with Gasteiger partial charge in [0, 0.05) is 18.3 Å². The van der Waals surface area contributed by atoms with Gasteiger partial charge in [-0.15, -0.1) is 0 Å². The fourth-order valence-corrected chi connectivity index (χ4v) is 3.05. The highest BCUT2D eigenvalue weighted by Crippen LogP contribution is 2.34. The van der Waals surface area contributed by atoms with E-state index < -0.39 is 0 Å². The summed E-state index contributed by atoms with van der Waals surface area (Å²) in [5.41, 5.74) is 0.677. The van der Waals surface area contributed by atoms with Crippen LogP contribution in [0.15, 0.2) is 42.5 Å². The standard InChI is InChI=1S/C20H22N2O5/c1-13(20(23)21-14-7-8-17-19(9-14)26-12-25-17)22(2)10-15-11-24-16-5-3-4-6-18(16)27-15/h3-9,13,15H,10-12H2,1-2H3,(H,21,23)/t13-,15-/m1/s1. The fraction of sp³-hybridized carbons (Fsp3) is 0.350. The van der Waals surface area contributed by atoms with Crippen LogP contribution in [0.2, 0.25) is 0 Å². The van der Waals surface area contributed by atoms with Crippen LogP contribution in [0.5, 0.6) is 23.0 Å². The predicted octanol–water partition coefficient (Wildman–Crippen LogP) is 2.51. The molecule has 142 valence electrons. The summed E-state index contributed by atoms with van der Waals surface area (Å²) in [6.07, 6.45) is -0.134. The number of hydrogen-bond acceptors (Lipinski definition) is 6. The Balaban J connectivity index is 1.33. The molecule has 7 nitrogen and oxygen atoms in total. The molecule has 2 aromatic rings. The van der Waals surface area contributed by atoms with Crippen LogP contribution in [-0.4, -0.2) is 49.9 Å². The largest absolute Gasteiger partial charge is 0.486 e. The second-order valence-electron chi connectivity index (χ2n) is 6.67. The molecular weight excluding hydrogens is 348 g/mol. The molecule has 0 fully saturated rings. The molecule has 1 N–H and O–H groups in total. The Morgan fingerprint density at radius 1 is 1.11 bits per heavy atom. The average molecular weight is 370 g/mol. The first kappa shape index (κ1) is 17.5. The van der Waals surface area contributed by atoms with Crippen molar-refractivity contribution in [3.63, 3.8) is 0 Å². The highest BCUT2D eigenvalue weighted by Gasteiger charge is 2.26. The van der Waals surface area contributed by atoms with Gasteiger partial charge in [-0.3, -0.25) is 9.69 Å². The Bertz CT molecular complexity index is 841. The minimum Gasteiger partial charge on any atom is -0.486 e. The van der Waals surface area contributed by atoms with Crippen molar-refractivity contribution in [2.75, 3.05) is 32.3 Å². The van der Waals surface area contributed by atoms with Crippen molar-refractivity contribution in [2.24, 2.45) is 0 Å². The summed E-state index contributed by atoms with van der Waals surface area (Å²) in [5.74, 6) is 2.71. The lowest BCUT2D eigenvalue weighted by atomic mass is 10.2. The fourth-order valence-electron chi connectivity index (χ4n) is 3.05. The summed E-state index contributed by atoms with van der Waals surface area (Å²) in [6, 6.07) is 12.6. The maximum absolute atomic E-state index is 12.6. The number of para-hydroxylation sites is 2. The quantitative estimate of drug-likeness (QED) is 0.872. The molecule has 2 atom stereocenters. The Kier molecular flexibility index (Phi) is 4.77. The Hall–Kier alpha value is -2.93. The Labute approximate surface area is 157 Å². The van der Waals surface area contributed by atoms with Gasteiger partial charge in [0.15, 0.2) is 23.0 Å². The van der Waals surface area contributed by atoms with Gasteiger partial charge in [-0.05, 0) is 38.2 Å². The number of carbonyl (C=O) groups excluding carboxylic acids is 1. The second-order valence-corrected chi connectivity index (χ2v) is 6.67. The molecule has 7 heteroatoms. The molecule has 0 unspecified atom stereocenters. The molecule has 0 bridgehead atoms. The van der Waals surface area contributed by atoms with Crippen LogP contribution in [0.3, 0.4) is 0 Å². The van der Waals surface area contributed by atoms with Gasteiger partial charge in [0.1, 0.15) is 12.7 Å². The number of hydrogen-bond donors (Lipinski definition) is 1. The average Bonchev–Trinajstić information content (AvgIpc) is 3.15. The Morgan fingerprint density at radius 2 is 1.85 bits per heavy atom. The summed E-state index contributed by atoms with van der Waals surface area (Å²) in [4.78, 5) is 14.5. The minimum atomic E-state index is -0.337.